The lowest BCUT2D eigenvalue weighted by Gasteiger charge is -2.21. The minimum atomic E-state index is 0.347. The van der Waals surface area contributed by atoms with Gasteiger partial charge in [-0.3, -0.25) is 0 Å². The van der Waals surface area contributed by atoms with E-state index in [4.69, 9.17) is 5.11 Å². The van der Waals surface area contributed by atoms with Crippen LogP contribution in [-0.4, -0.2) is 35.7 Å². The molecule has 1 saturated carbocycles. The van der Waals surface area contributed by atoms with Gasteiger partial charge >= 0.3 is 0 Å². The van der Waals surface area contributed by atoms with Crippen LogP contribution >= 0.6 is 0 Å². The number of rotatable bonds is 7. The summed E-state index contributed by atoms with van der Waals surface area (Å²) in [5.41, 5.74) is 0. The Morgan fingerprint density at radius 2 is 2.00 bits per heavy atom. The molecule has 0 aliphatic heterocycles. The average molecular weight is 185 g/mol. The molecule has 0 aromatic rings. The first kappa shape index (κ1) is 11.0. The predicted molar refractivity (Wildman–Crippen MR) is 55.8 cm³/mol. The minimum Gasteiger partial charge on any atom is -0.396 e. The van der Waals surface area contributed by atoms with Crippen LogP contribution in [0.25, 0.3) is 0 Å². The van der Waals surface area contributed by atoms with Gasteiger partial charge in [-0.15, -0.1) is 0 Å². The van der Waals surface area contributed by atoms with Crippen molar-refractivity contribution in [3.63, 3.8) is 0 Å². The van der Waals surface area contributed by atoms with Crippen LogP contribution in [0.3, 0.4) is 0 Å². The molecule has 2 unspecified atom stereocenters. The Morgan fingerprint density at radius 3 is 2.46 bits per heavy atom. The van der Waals surface area contributed by atoms with Crippen molar-refractivity contribution in [1.29, 1.82) is 0 Å². The van der Waals surface area contributed by atoms with Gasteiger partial charge < -0.3 is 10.0 Å². The molecule has 1 aliphatic rings. The van der Waals surface area contributed by atoms with Crippen LogP contribution in [-0.2, 0) is 0 Å². The third kappa shape index (κ3) is 3.65. The first-order valence-corrected chi connectivity index (χ1v) is 5.64. The Bertz CT molecular complexity index is 138. The third-order valence-electron chi connectivity index (χ3n) is 2.90. The molecule has 0 aromatic heterocycles. The van der Waals surface area contributed by atoms with Gasteiger partial charge in [-0.2, -0.15) is 0 Å². The molecule has 0 spiro atoms. The molecule has 2 atom stereocenters. The largest absolute Gasteiger partial charge is 0.396 e. The molecule has 78 valence electrons. The summed E-state index contributed by atoms with van der Waals surface area (Å²) in [6.07, 6.45) is 4.75. The van der Waals surface area contributed by atoms with Crippen molar-refractivity contribution < 1.29 is 5.11 Å². The minimum absolute atomic E-state index is 0.347. The van der Waals surface area contributed by atoms with Crippen LogP contribution < -0.4 is 0 Å². The molecule has 1 rings (SSSR count). The smallest absolute Gasteiger partial charge is 0.0431 e. The van der Waals surface area contributed by atoms with E-state index in [2.05, 4.69) is 18.7 Å². The van der Waals surface area contributed by atoms with E-state index in [0.29, 0.717) is 6.61 Å². The summed E-state index contributed by atoms with van der Waals surface area (Å²) in [7, 11) is 0. The first-order chi connectivity index (χ1) is 6.29. The molecule has 2 heteroatoms. The van der Waals surface area contributed by atoms with Crippen LogP contribution in [0.5, 0.6) is 0 Å². The van der Waals surface area contributed by atoms with Gasteiger partial charge in [0.25, 0.3) is 0 Å². The van der Waals surface area contributed by atoms with Crippen molar-refractivity contribution in [2.75, 3.05) is 19.7 Å². The fourth-order valence-electron chi connectivity index (χ4n) is 1.97. The van der Waals surface area contributed by atoms with Crippen LogP contribution in [0.4, 0.5) is 0 Å². The van der Waals surface area contributed by atoms with E-state index in [-0.39, 0.29) is 0 Å². The maximum atomic E-state index is 8.70. The normalized spacial score (nSPS) is 26.8. The Balaban J connectivity index is 2.14. The van der Waals surface area contributed by atoms with E-state index in [0.717, 1.165) is 24.8 Å². The molecule has 0 radical (unpaired) electrons. The molecule has 0 bridgehead atoms. The summed E-state index contributed by atoms with van der Waals surface area (Å²) in [5.74, 6) is 0.917. The Kier molecular flexibility index (Phi) is 4.74. The maximum Gasteiger partial charge on any atom is 0.0431 e. The fraction of sp³-hybridized carbons (Fsp3) is 1.00. The topological polar surface area (TPSA) is 23.5 Å². The molecule has 0 heterocycles. The highest BCUT2D eigenvalue weighted by Crippen LogP contribution is 2.35. The van der Waals surface area contributed by atoms with E-state index in [9.17, 15) is 0 Å². The van der Waals surface area contributed by atoms with Crippen LogP contribution in [0.15, 0.2) is 0 Å². The van der Waals surface area contributed by atoms with Crippen molar-refractivity contribution >= 4 is 0 Å². The molecular weight excluding hydrogens is 162 g/mol. The van der Waals surface area contributed by atoms with Gasteiger partial charge in [0.1, 0.15) is 0 Å². The number of unbranched alkanes of at least 4 members (excludes halogenated alkanes) is 1. The number of aliphatic hydroxyl groups is 1. The lowest BCUT2D eigenvalue weighted by molar-refractivity contribution is 0.229. The fourth-order valence-corrected chi connectivity index (χ4v) is 1.97. The number of aliphatic hydroxyl groups excluding tert-OH is 1. The van der Waals surface area contributed by atoms with Crippen LogP contribution in [0.1, 0.15) is 39.5 Å². The molecule has 1 aliphatic carbocycles. The van der Waals surface area contributed by atoms with E-state index in [1.807, 2.05) is 0 Å². The molecule has 0 saturated heterocycles. The Hall–Kier alpha value is -0.0800. The molecule has 0 aromatic carbocycles. The van der Waals surface area contributed by atoms with Gasteiger partial charge in [0, 0.05) is 12.6 Å². The maximum absolute atomic E-state index is 8.70. The van der Waals surface area contributed by atoms with E-state index in [1.165, 1.54) is 25.9 Å². The third-order valence-corrected chi connectivity index (χ3v) is 2.90. The highest BCUT2D eigenvalue weighted by molar-refractivity contribution is 4.91. The molecule has 13 heavy (non-hydrogen) atoms. The second-order valence-corrected chi connectivity index (χ2v) is 4.25. The monoisotopic (exact) mass is 185 g/mol. The number of hydrogen-bond acceptors (Lipinski definition) is 2. The average Bonchev–Trinajstić information content (AvgIpc) is 2.82. The molecule has 1 N–H and O–H groups in total. The van der Waals surface area contributed by atoms with E-state index < -0.39 is 0 Å². The second kappa shape index (κ2) is 5.61. The quantitative estimate of drug-likeness (QED) is 0.612. The standard InChI is InChI=1S/C11H23NO/c1-3-6-12(7-4-5-8-13)11-9-10(11)2/h10-11,13H,3-9H2,1-2H3. The molecule has 1 fully saturated rings. The SMILES string of the molecule is CCCN(CCCCO)C1CC1C. The van der Waals surface area contributed by atoms with E-state index in [1.54, 1.807) is 0 Å². The van der Waals surface area contributed by atoms with Crippen molar-refractivity contribution in [3.05, 3.63) is 0 Å². The summed E-state index contributed by atoms with van der Waals surface area (Å²) < 4.78 is 0. The molecule has 2 nitrogen and oxygen atoms in total. The van der Waals surface area contributed by atoms with Crippen LogP contribution in [0, 0.1) is 5.92 Å². The van der Waals surface area contributed by atoms with Crippen molar-refractivity contribution in [2.24, 2.45) is 5.92 Å². The summed E-state index contributed by atoms with van der Waals surface area (Å²) >= 11 is 0. The second-order valence-electron chi connectivity index (χ2n) is 4.25. The number of hydrogen-bond donors (Lipinski definition) is 1. The lowest BCUT2D eigenvalue weighted by atomic mass is 10.2. The first-order valence-electron chi connectivity index (χ1n) is 5.64. The van der Waals surface area contributed by atoms with Gasteiger partial charge in [0.15, 0.2) is 0 Å². The van der Waals surface area contributed by atoms with Crippen molar-refractivity contribution in [3.8, 4) is 0 Å². The summed E-state index contributed by atoms with van der Waals surface area (Å²) in [6, 6.07) is 0.860. The van der Waals surface area contributed by atoms with Gasteiger partial charge in [-0.25, -0.2) is 0 Å². The van der Waals surface area contributed by atoms with Gasteiger partial charge in [-0.1, -0.05) is 13.8 Å². The zero-order chi connectivity index (χ0) is 9.68. The molecular formula is C11H23NO. The summed E-state index contributed by atoms with van der Waals surface area (Å²) in [6.45, 7) is 7.34. The van der Waals surface area contributed by atoms with E-state index >= 15 is 0 Å². The Morgan fingerprint density at radius 1 is 1.31 bits per heavy atom. The zero-order valence-electron chi connectivity index (χ0n) is 9.00. The highest BCUT2D eigenvalue weighted by atomic mass is 16.2. The summed E-state index contributed by atoms with van der Waals surface area (Å²) in [4.78, 5) is 2.60. The summed E-state index contributed by atoms with van der Waals surface area (Å²) in [5, 5.41) is 8.70. The highest BCUT2D eigenvalue weighted by Gasteiger charge is 2.36. The van der Waals surface area contributed by atoms with Gasteiger partial charge in [-0.05, 0) is 44.7 Å². The van der Waals surface area contributed by atoms with Gasteiger partial charge in [0.2, 0.25) is 0 Å². The van der Waals surface area contributed by atoms with Gasteiger partial charge in [0.05, 0.1) is 0 Å². The zero-order valence-corrected chi connectivity index (χ0v) is 9.00. The lowest BCUT2D eigenvalue weighted by Crippen LogP contribution is -2.29. The van der Waals surface area contributed by atoms with Crippen molar-refractivity contribution in [1.82, 2.24) is 4.90 Å². The number of nitrogens with zero attached hydrogens (tertiary/aromatic N) is 1. The molecule has 0 amide bonds. The Labute approximate surface area is 81.9 Å². The predicted octanol–water partition coefficient (Wildman–Crippen LogP) is 1.88. The van der Waals surface area contributed by atoms with Crippen molar-refractivity contribution in [2.45, 2.75) is 45.6 Å². The van der Waals surface area contributed by atoms with Crippen LogP contribution in [0.2, 0.25) is 0 Å².